The van der Waals surface area contributed by atoms with E-state index in [2.05, 4.69) is 176 Å². The summed E-state index contributed by atoms with van der Waals surface area (Å²) >= 11 is 0. The molecule has 0 saturated heterocycles. The third kappa shape index (κ3) is 5.96. The van der Waals surface area contributed by atoms with Crippen LogP contribution in [0.25, 0.3) is 87.7 Å². The maximum Gasteiger partial charge on any atom is 0.376 e. The van der Waals surface area contributed by atoms with Crippen LogP contribution in [0.4, 0.5) is 17.1 Å². The van der Waals surface area contributed by atoms with E-state index in [4.69, 9.17) is 8.83 Å². The topological polar surface area (TPSA) is 34.5 Å². The molecule has 2 aliphatic heterocycles. The van der Waals surface area contributed by atoms with Crippen LogP contribution < -0.4 is 16.0 Å². The molecule has 0 amide bonds. The molecule has 6 fully saturated rings. The lowest BCUT2D eigenvalue weighted by Crippen LogP contribution is -2.56. The second kappa shape index (κ2) is 15.6. The van der Waals surface area contributed by atoms with Crippen molar-refractivity contribution in [2.45, 2.75) is 115 Å². The van der Waals surface area contributed by atoms with Crippen LogP contribution in [0.15, 0.2) is 154 Å². The van der Waals surface area contributed by atoms with E-state index in [0.717, 1.165) is 105 Å². The van der Waals surface area contributed by atoms with Gasteiger partial charge in [-0.1, -0.05) is 118 Å². The van der Waals surface area contributed by atoms with Gasteiger partial charge < -0.3 is 18.2 Å². The monoisotopic (exact) mass is 1000 g/mol. The largest absolute Gasteiger partial charge is 0.466 e. The number of aromatic nitrogens is 1. The van der Waals surface area contributed by atoms with Crippen LogP contribution in [0.5, 0.6) is 0 Å². The van der Waals surface area contributed by atoms with Gasteiger partial charge in [0.05, 0.1) is 22.4 Å². The molecule has 0 spiro atoms. The normalized spacial score (nSPS) is 26.6. The van der Waals surface area contributed by atoms with Crippen molar-refractivity contribution in [3.63, 3.8) is 0 Å². The molecule has 19 rings (SSSR count). The van der Waals surface area contributed by atoms with Crippen LogP contribution in [-0.2, 0) is 17.3 Å². The number of para-hydroxylation sites is 1. The van der Waals surface area contributed by atoms with Gasteiger partial charge in [0.2, 0.25) is 0 Å². The van der Waals surface area contributed by atoms with Crippen LogP contribution in [-0.4, -0.2) is 11.3 Å². The van der Waals surface area contributed by atoms with Gasteiger partial charge in [-0.25, -0.2) is 0 Å². The molecule has 2 atom stereocenters. The van der Waals surface area contributed by atoms with E-state index < -0.39 is 0 Å². The van der Waals surface area contributed by atoms with Crippen molar-refractivity contribution < 1.29 is 8.83 Å². The summed E-state index contributed by atoms with van der Waals surface area (Å²) in [5.74, 6) is 5.02. The zero-order valence-corrected chi connectivity index (χ0v) is 44.8. The molecular formula is C72H65BN2O2. The van der Waals surface area contributed by atoms with Gasteiger partial charge in [-0.05, 0) is 222 Å². The Bertz CT molecular complexity index is 4290. The Balaban J connectivity index is 0.999. The number of aryl methyl sites for hydroxylation is 1. The van der Waals surface area contributed by atoms with Gasteiger partial charge in [0, 0.05) is 43.7 Å². The molecule has 11 aromatic rings. The van der Waals surface area contributed by atoms with Crippen molar-refractivity contribution in [2.24, 2.45) is 35.5 Å². The van der Waals surface area contributed by atoms with Crippen molar-refractivity contribution in [2.75, 3.05) is 4.90 Å². The predicted molar refractivity (Wildman–Crippen MR) is 320 cm³/mol. The lowest BCUT2D eigenvalue weighted by molar-refractivity contribution is -0.00512. The Morgan fingerprint density at radius 3 is 2.13 bits per heavy atom. The lowest BCUT2D eigenvalue weighted by atomic mass is 9.47. The first-order valence-electron chi connectivity index (χ1n) is 29.8. The van der Waals surface area contributed by atoms with Crippen LogP contribution in [0.2, 0.25) is 0 Å². The molecule has 6 saturated carbocycles. The molecule has 0 radical (unpaired) electrons. The quantitative estimate of drug-likeness (QED) is 0.149. The van der Waals surface area contributed by atoms with Gasteiger partial charge in [0.25, 0.3) is 0 Å². The Kier molecular flexibility index (Phi) is 8.93. The highest BCUT2D eigenvalue weighted by molar-refractivity contribution is 6.90. The molecule has 6 bridgehead atoms. The summed E-state index contributed by atoms with van der Waals surface area (Å²) in [7, 11) is 0. The molecule has 77 heavy (non-hydrogen) atoms. The minimum absolute atomic E-state index is 0.0848. The Morgan fingerprint density at radius 2 is 1.34 bits per heavy atom. The average Bonchev–Trinajstić information content (AvgIpc) is 3.38. The fraction of sp³-hybridized carbons (Fsp3) is 0.333. The number of anilines is 3. The SMILES string of the molecule is CCCCc1ccc(N2c3c4c(cc5c3oc3ccccc35)-c3cc(C5(C)CC6CCC(C5)C6C)cc5c6cc(C78CC9CC(CC(C9)C7)C8)ccc6n(c35)B4c3oc4ccc5ccccc5c4c32)c(-c2ccccc2)c1. The van der Waals surface area contributed by atoms with E-state index >= 15 is 0 Å². The molecule has 3 aromatic heterocycles. The van der Waals surface area contributed by atoms with E-state index in [-0.39, 0.29) is 17.7 Å². The van der Waals surface area contributed by atoms with Gasteiger partial charge in [-0.3, -0.25) is 0 Å². The number of fused-ring (bicyclic) bond motifs is 17. The first-order chi connectivity index (χ1) is 37.8. The van der Waals surface area contributed by atoms with Crippen molar-refractivity contribution in [3.05, 3.63) is 162 Å². The van der Waals surface area contributed by atoms with Gasteiger partial charge in [0.15, 0.2) is 5.58 Å². The predicted octanol–water partition coefficient (Wildman–Crippen LogP) is 18.2. The Hall–Kier alpha value is -6.98. The number of furan rings is 2. The first kappa shape index (κ1) is 44.1. The summed E-state index contributed by atoms with van der Waals surface area (Å²) in [6.45, 7) is 7.25. The van der Waals surface area contributed by atoms with Crippen molar-refractivity contribution >= 4 is 101 Å². The fourth-order valence-electron chi connectivity index (χ4n) is 18.9. The maximum absolute atomic E-state index is 7.73. The molecular weight excluding hydrogens is 936 g/mol. The molecule has 0 N–H and O–H groups in total. The molecule has 5 heteroatoms. The molecule has 8 aromatic carbocycles. The summed E-state index contributed by atoms with van der Waals surface area (Å²) < 4.78 is 17.9. The Morgan fingerprint density at radius 1 is 0.597 bits per heavy atom. The number of unbranched alkanes of at least 4 members (excludes halogenated alkanes) is 1. The second-order valence-electron chi connectivity index (χ2n) is 26.3. The van der Waals surface area contributed by atoms with Crippen LogP contribution in [0, 0.1) is 35.5 Å². The first-order valence-corrected chi connectivity index (χ1v) is 29.8. The summed E-state index contributed by atoms with van der Waals surface area (Å²) in [4.78, 5) is 2.63. The molecule has 4 nitrogen and oxygen atoms in total. The number of hydrogen-bond donors (Lipinski definition) is 0. The van der Waals surface area contributed by atoms with Gasteiger partial charge in [0.1, 0.15) is 16.8 Å². The summed E-state index contributed by atoms with van der Waals surface area (Å²) in [6, 6.07) is 56.6. The molecule has 6 aliphatic carbocycles. The maximum atomic E-state index is 7.73. The van der Waals surface area contributed by atoms with Gasteiger partial charge >= 0.3 is 6.85 Å². The number of hydrogen-bond acceptors (Lipinski definition) is 3. The van der Waals surface area contributed by atoms with Gasteiger partial charge in [-0.2, -0.15) is 0 Å². The molecule has 2 unspecified atom stereocenters. The standard InChI is InChI=1S/C72H65BN2O2/c1-4-5-13-42-20-25-60(54(31-42)46-14-7-6-8-15-46)74-67-64-52-17-10-9-16-47(52)23-27-63(64)77-70(67)73-65-56(35-59-53-18-11-12-19-62(53)76-69(59)68(65)74)58-34-51(71(3)39-48-21-22-49(40-71)41(48)2)33-57-55-32-50(24-26-61(55)75(73)66(57)58)72-36-43-28-44(37-72)30-45(29-43)38-72/h6-12,14-20,23-27,31-35,41,43-45,48-49H,4-5,13,21-22,28-30,36-40H2,1-3H3. The smallest absolute Gasteiger partial charge is 0.376 e. The molecule has 378 valence electrons. The van der Waals surface area contributed by atoms with E-state index in [0.29, 0.717) is 0 Å². The van der Waals surface area contributed by atoms with Crippen LogP contribution >= 0.6 is 0 Å². The van der Waals surface area contributed by atoms with Crippen molar-refractivity contribution in [1.29, 1.82) is 0 Å². The second-order valence-corrected chi connectivity index (χ2v) is 26.3. The highest BCUT2D eigenvalue weighted by atomic mass is 16.3. The van der Waals surface area contributed by atoms with Gasteiger partial charge in [-0.15, -0.1) is 0 Å². The summed E-state index contributed by atoms with van der Waals surface area (Å²) in [5, 5.41) is 8.75. The summed E-state index contributed by atoms with van der Waals surface area (Å²) in [5.41, 5.74) is 21.1. The number of benzene rings is 8. The fourth-order valence-corrected chi connectivity index (χ4v) is 18.9. The third-order valence-electron chi connectivity index (χ3n) is 22.1. The van der Waals surface area contributed by atoms with E-state index in [1.54, 1.807) is 5.56 Å². The van der Waals surface area contributed by atoms with Crippen LogP contribution in [0.3, 0.4) is 0 Å². The third-order valence-corrected chi connectivity index (χ3v) is 22.1. The van der Waals surface area contributed by atoms with E-state index in [1.165, 1.54) is 141 Å². The lowest BCUT2D eigenvalue weighted by Gasteiger charge is -2.57. The van der Waals surface area contributed by atoms with E-state index in [1.807, 2.05) is 0 Å². The highest BCUT2D eigenvalue weighted by Crippen LogP contribution is 2.62. The van der Waals surface area contributed by atoms with E-state index in [9.17, 15) is 0 Å². The molecule has 8 aliphatic rings. The average molecular weight is 1000 g/mol. The van der Waals surface area contributed by atoms with Crippen LogP contribution in [0.1, 0.15) is 115 Å². The summed E-state index contributed by atoms with van der Waals surface area (Å²) in [6.07, 6.45) is 17.1. The van der Waals surface area contributed by atoms with Crippen molar-refractivity contribution in [1.82, 2.24) is 4.48 Å². The van der Waals surface area contributed by atoms with Crippen molar-refractivity contribution in [3.8, 4) is 22.3 Å². The minimum atomic E-state index is -0.260. The zero-order chi connectivity index (χ0) is 50.6. The zero-order valence-electron chi connectivity index (χ0n) is 44.8. The minimum Gasteiger partial charge on any atom is -0.466 e. The molecule has 5 heterocycles. The highest BCUT2D eigenvalue weighted by Gasteiger charge is 2.53. The number of nitrogens with zero attached hydrogens (tertiary/aromatic N) is 2. The Labute approximate surface area is 451 Å². The number of rotatable bonds is 7.